The zero-order chi connectivity index (χ0) is 24.0. The highest BCUT2D eigenvalue weighted by Gasteiger charge is 2.32. The predicted octanol–water partition coefficient (Wildman–Crippen LogP) is 4.21. The van der Waals surface area contributed by atoms with E-state index in [0.29, 0.717) is 17.7 Å². The summed E-state index contributed by atoms with van der Waals surface area (Å²) < 4.78 is 16.6. The van der Waals surface area contributed by atoms with Gasteiger partial charge in [-0.1, -0.05) is 6.92 Å². The summed E-state index contributed by atoms with van der Waals surface area (Å²) in [5, 5.41) is 11.7. The van der Waals surface area contributed by atoms with E-state index in [1.165, 1.54) is 24.3 Å². The van der Waals surface area contributed by atoms with Gasteiger partial charge in [0.1, 0.15) is 17.4 Å². The molecule has 0 saturated heterocycles. The SMILES string of the molecule is CCC(Oc1ccc(C(=O)C(NC(=O)OC(C)(C)C)C(C)OC(C)(C)C)cc1)C(=O)O. The van der Waals surface area contributed by atoms with Gasteiger partial charge in [-0.3, -0.25) is 4.79 Å². The van der Waals surface area contributed by atoms with E-state index in [9.17, 15) is 14.4 Å². The van der Waals surface area contributed by atoms with Crippen molar-refractivity contribution in [2.75, 3.05) is 0 Å². The molecule has 0 bridgehead atoms. The first-order valence-electron chi connectivity index (χ1n) is 10.3. The maximum Gasteiger partial charge on any atom is 0.408 e. The van der Waals surface area contributed by atoms with Crippen molar-refractivity contribution in [3.63, 3.8) is 0 Å². The summed E-state index contributed by atoms with van der Waals surface area (Å²) in [5.41, 5.74) is -0.928. The van der Waals surface area contributed by atoms with E-state index in [4.69, 9.17) is 19.3 Å². The number of benzene rings is 1. The van der Waals surface area contributed by atoms with Gasteiger partial charge < -0.3 is 24.6 Å². The Morgan fingerprint density at radius 2 is 1.55 bits per heavy atom. The van der Waals surface area contributed by atoms with Crippen LogP contribution in [0.4, 0.5) is 4.79 Å². The molecule has 1 amide bonds. The Balaban J connectivity index is 3.07. The summed E-state index contributed by atoms with van der Waals surface area (Å²) in [6.45, 7) is 14.2. The molecule has 1 aromatic rings. The molecule has 0 aliphatic carbocycles. The van der Waals surface area contributed by atoms with E-state index in [2.05, 4.69) is 5.32 Å². The van der Waals surface area contributed by atoms with Crippen LogP contribution in [-0.2, 0) is 14.3 Å². The minimum atomic E-state index is -1.06. The molecule has 0 spiro atoms. The fraction of sp³-hybridized carbons (Fsp3) is 0.609. The monoisotopic (exact) mass is 437 g/mol. The fourth-order valence-electron chi connectivity index (χ4n) is 2.81. The Hall–Kier alpha value is -2.61. The summed E-state index contributed by atoms with van der Waals surface area (Å²) in [7, 11) is 0. The van der Waals surface area contributed by atoms with E-state index < -0.39 is 41.5 Å². The third-order valence-corrected chi connectivity index (χ3v) is 4.03. The molecule has 3 unspecified atom stereocenters. The number of carbonyl (C=O) groups excluding carboxylic acids is 2. The van der Waals surface area contributed by atoms with E-state index in [1.54, 1.807) is 34.6 Å². The van der Waals surface area contributed by atoms with Crippen molar-refractivity contribution in [1.29, 1.82) is 0 Å². The van der Waals surface area contributed by atoms with Crippen LogP contribution >= 0.6 is 0 Å². The van der Waals surface area contributed by atoms with Gasteiger partial charge in [0.15, 0.2) is 11.9 Å². The molecular weight excluding hydrogens is 402 g/mol. The second-order valence-electron chi connectivity index (χ2n) is 9.30. The first kappa shape index (κ1) is 26.4. The van der Waals surface area contributed by atoms with Crippen LogP contribution in [0.2, 0.25) is 0 Å². The molecular formula is C23H35NO7. The number of hydrogen-bond donors (Lipinski definition) is 2. The molecule has 3 atom stereocenters. The number of alkyl carbamates (subject to hydrolysis) is 1. The quantitative estimate of drug-likeness (QED) is 0.557. The maximum absolute atomic E-state index is 13.2. The van der Waals surface area contributed by atoms with Gasteiger partial charge in [0.2, 0.25) is 0 Å². The molecule has 8 nitrogen and oxygen atoms in total. The lowest BCUT2D eigenvalue weighted by Crippen LogP contribution is -2.51. The van der Waals surface area contributed by atoms with Crippen molar-refractivity contribution in [2.24, 2.45) is 0 Å². The number of rotatable bonds is 9. The molecule has 0 fully saturated rings. The highest BCUT2D eigenvalue weighted by molar-refractivity contribution is 6.02. The van der Waals surface area contributed by atoms with Gasteiger partial charge in [-0.15, -0.1) is 0 Å². The minimum absolute atomic E-state index is 0.305. The molecule has 8 heteroatoms. The third kappa shape index (κ3) is 9.38. The van der Waals surface area contributed by atoms with Gasteiger partial charge in [0, 0.05) is 5.56 Å². The van der Waals surface area contributed by atoms with Crippen molar-refractivity contribution < 1.29 is 33.7 Å². The van der Waals surface area contributed by atoms with Crippen molar-refractivity contribution in [1.82, 2.24) is 5.32 Å². The lowest BCUT2D eigenvalue weighted by molar-refractivity contribution is -0.145. The Kier molecular flexibility index (Phi) is 9.05. The summed E-state index contributed by atoms with van der Waals surface area (Å²) >= 11 is 0. The Bertz CT molecular complexity index is 760. The number of ether oxygens (including phenoxy) is 3. The van der Waals surface area contributed by atoms with E-state index in [1.807, 2.05) is 20.8 Å². The topological polar surface area (TPSA) is 111 Å². The second-order valence-corrected chi connectivity index (χ2v) is 9.30. The molecule has 1 aromatic carbocycles. The van der Waals surface area contributed by atoms with Crippen molar-refractivity contribution >= 4 is 17.8 Å². The molecule has 0 aliphatic rings. The van der Waals surface area contributed by atoms with Crippen molar-refractivity contribution in [2.45, 2.75) is 91.3 Å². The van der Waals surface area contributed by atoms with Gasteiger partial charge in [0.05, 0.1) is 11.7 Å². The standard InChI is InChI=1S/C23H35NO7/c1-9-17(20(26)27)29-16-12-10-15(11-13-16)19(25)18(14(2)30-22(3,4)5)24-21(28)31-23(6,7)8/h10-14,17-18H,9H2,1-8H3,(H,24,28)(H,26,27). The van der Waals surface area contributed by atoms with Gasteiger partial charge >= 0.3 is 12.1 Å². The third-order valence-electron chi connectivity index (χ3n) is 4.03. The van der Waals surface area contributed by atoms with E-state index in [0.717, 1.165) is 0 Å². The first-order chi connectivity index (χ1) is 14.1. The largest absolute Gasteiger partial charge is 0.479 e. The van der Waals surface area contributed by atoms with Crippen LogP contribution < -0.4 is 10.1 Å². The second kappa shape index (κ2) is 10.6. The molecule has 0 aromatic heterocycles. The predicted molar refractivity (Wildman–Crippen MR) is 117 cm³/mol. The molecule has 0 radical (unpaired) electrons. The van der Waals surface area contributed by atoms with Crippen LogP contribution in [0.25, 0.3) is 0 Å². The number of carbonyl (C=O) groups is 3. The summed E-state index contributed by atoms with van der Waals surface area (Å²) in [6.07, 6.45) is -2.02. The lowest BCUT2D eigenvalue weighted by atomic mass is 9.99. The van der Waals surface area contributed by atoms with Crippen molar-refractivity contribution in [3.05, 3.63) is 29.8 Å². The number of amides is 1. The molecule has 0 aliphatic heterocycles. The molecule has 174 valence electrons. The van der Waals surface area contributed by atoms with Gasteiger partial charge in [-0.25, -0.2) is 9.59 Å². The van der Waals surface area contributed by atoms with Gasteiger partial charge in [0.25, 0.3) is 0 Å². The minimum Gasteiger partial charge on any atom is -0.479 e. The highest BCUT2D eigenvalue weighted by atomic mass is 16.6. The highest BCUT2D eigenvalue weighted by Crippen LogP contribution is 2.20. The number of ketones is 1. The Morgan fingerprint density at radius 3 is 1.97 bits per heavy atom. The van der Waals surface area contributed by atoms with Gasteiger partial charge in [-0.05, 0) is 79.2 Å². The van der Waals surface area contributed by atoms with Crippen LogP contribution in [0.1, 0.15) is 72.2 Å². The molecule has 0 saturated carbocycles. The smallest absolute Gasteiger partial charge is 0.408 e. The van der Waals surface area contributed by atoms with Crippen molar-refractivity contribution in [3.8, 4) is 5.75 Å². The summed E-state index contributed by atoms with van der Waals surface area (Å²) in [4.78, 5) is 36.7. The number of carboxylic acids is 1. The van der Waals surface area contributed by atoms with Crippen LogP contribution in [0.5, 0.6) is 5.75 Å². The lowest BCUT2D eigenvalue weighted by Gasteiger charge is -2.31. The molecule has 0 heterocycles. The number of aliphatic carboxylic acids is 1. The Morgan fingerprint density at radius 1 is 1.00 bits per heavy atom. The van der Waals surface area contributed by atoms with E-state index in [-0.39, 0.29) is 5.78 Å². The zero-order valence-corrected chi connectivity index (χ0v) is 19.6. The number of hydrogen-bond acceptors (Lipinski definition) is 6. The van der Waals surface area contributed by atoms with Crippen LogP contribution in [0.3, 0.4) is 0 Å². The number of nitrogens with one attached hydrogen (secondary N) is 1. The average Bonchev–Trinajstić information content (AvgIpc) is 2.61. The van der Waals surface area contributed by atoms with E-state index >= 15 is 0 Å². The number of carboxylic acid groups (broad SMARTS) is 1. The normalized spacial score (nSPS) is 14.8. The molecule has 31 heavy (non-hydrogen) atoms. The zero-order valence-electron chi connectivity index (χ0n) is 19.6. The summed E-state index contributed by atoms with van der Waals surface area (Å²) in [5.74, 6) is -1.08. The average molecular weight is 438 g/mol. The Labute approximate surface area is 184 Å². The number of Topliss-reactive ketones (excluding diaryl/α,β-unsaturated/α-hetero) is 1. The first-order valence-corrected chi connectivity index (χ1v) is 10.3. The molecule has 2 N–H and O–H groups in total. The summed E-state index contributed by atoms with van der Waals surface area (Å²) in [6, 6.07) is 5.12. The van der Waals surface area contributed by atoms with Crippen LogP contribution in [-0.4, -0.2) is 52.4 Å². The maximum atomic E-state index is 13.2. The van der Waals surface area contributed by atoms with Crippen LogP contribution in [0.15, 0.2) is 24.3 Å². The van der Waals surface area contributed by atoms with Gasteiger partial charge in [-0.2, -0.15) is 0 Å². The van der Waals surface area contributed by atoms with Crippen LogP contribution in [0, 0.1) is 0 Å². The molecule has 1 rings (SSSR count). The fourth-order valence-corrected chi connectivity index (χ4v) is 2.81.